The maximum Gasteiger partial charge on any atom is 0.314 e. The molecule has 0 radical (unpaired) electrons. The summed E-state index contributed by atoms with van der Waals surface area (Å²) in [5.74, 6) is -1.09. The Morgan fingerprint density at radius 3 is 2.30 bits per heavy atom. The van der Waals surface area contributed by atoms with Gasteiger partial charge in [0.1, 0.15) is 11.6 Å². The van der Waals surface area contributed by atoms with Crippen molar-refractivity contribution in [1.82, 2.24) is 4.31 Å². The molecule has 3 rings (SSSR count). The molecule has 0 aliphatic carbocycles. The molecule has 0 unspecified atom stereocenters. The molecular formula is C18H16Cl2FNO4S. The van der Waals surface area contributed by atoms with E-state index in [1.165, 1.54) is 10.4 Å². The van der Waals surface area contributed by atoms with E-state index in [0.717, 1.165) is 12.1 Å². The van der Waals surface area contributed by atoms with E-state index in [0.29, 0.717) is 23.6 Å². The molecule has 1 heterocycles. The van der Waals surface area contributed by atoms with Crippen molar-refractivity contribution in [1.29, 1.82) is 0 Å². The molecule has 1 aliphatic rings. The van der Waals surface area contributed by atoms with Crippen LogP contribution >= 0.6 is 23.2 Å². The van der Waals surface area contributed by atoms with Crippen LogP contribution in [0.25, 0.3) is 0 Å². The van der Waals surface area contributed by atoms with Crippen LogP contribution in [0, 0.1) is 11.7 Å². The highest BCUT2D eigenvalue weighted by atomic mass is 35.5. The maximum atomic E-state index is 13.3. The summed E-state index contributed by atoms with van der Waals surface area (Å²) in [5.41, 5.74) is 0. The fraction of sp³-hybridized carbons (Fsp3) is 0.278. The van der Waals surface area contributed by atoms with Crippen LogP contribution in [-0.4, -0.2) is 31.8 Å². The number of sulfonamides is 1. The molecule has 1 saturated heterocycles. The molecule has 2 aromatic rings. The standard InChI is InChI=1S/C18H16Cl2FNO4S/c19-13-1-3-14(4-2-13)26-18(23)12-7-9-22(10-8-12)27(24,25)15-5-6-17(21)16(20)11-15/h1-6,11-12H,7-10H2. The summed E-state index contributed by atoms with van der Waals surface area (Å²) < 4.78 is 45.2. The van der Waals surface area contributed by atoms with Crippen LogP contribution in [0.1, 0.15) is 12.8 Å². The summed E-state index contributed by atoms with van der Waals surface area (Å²) in [6.07, 6.45) is 0.668. The average Bonchev–Trinajstić information content (AvgIpc) is 2.66. The second-order valence-electron chi connectivity index (χ2n) is 6.13. The van der Waals surface area contributed by atoms with E-state index < -0.39 is 27.7 Å². The van der Waals surface area contributed by atoms with Crippen LogP contribution in [0.5, 0.6) is 5.75 Å². The fourth-order valence-corrected chi connectivity index (χ4v) is 4.69. The van der Waals surface area contributed by atoms with Crippen molar-refractivity contribution in [3.63, 3.8) is 0 Å². The SMILES string of the molecule is O=C(Oc1ccc(Cl)cc1)C1CCN(S(=O)(=O)c2ccc(F)c(Cl)c2)CC1. The van der Waals surface area contributed by atoms with Crippen LogP contribution < -0.4 is 4.74 Å². The first-order chi connectivity index (χ1) is 12.8. The van der Waals surface area contributed by atoms with Crippen molar-refractivity contribution in [2.24, 2.45) is 5.92 Å². The first-order valence-electron chi connectivity index (χ1n) is 8.20. The quantitative estimate of drug-likeness (QED) is 0.538. The lowest BCUT2D eigenvalue weighted by Gasteiger charge is -2.30. The molecule has 1 aliphatic heterocycles. The monoisotopic (exact) mass is 431 g/mol. The van der Waals surface area contributed by atoms with Gasteiger partial charge in [-0.25, -0.2) is 12.8 Å². The number of carbonyl (C=O) groups is 1. The van der Waals surface area contributed by atoms with Crippen LogP contribution in [0.2, 0.25) is 10.0 Å². The maximum absolute atomic E-state index is 13.3. The van der Waals surface area contributed by atoms with Crippen molar-refractivity contribution in [2.45, 2.75) is 17.7 Å². The Bertz CT molecular complexity index is 942. The number of benzene rings is 2. The van der Waals surface area contributed by atoms with Gasteiger partial charge in [0.25, 0.3) is 0 Å². The second kappa shape index (κ2) is 8.14. The van der Waals surface area contributed by atoms with Gasteiger partial charge in [0, 0.05) is 18.1 Å². The zero-order valence-corrected chi connectivity index (χ0v) is 16.4. The minimum atomic E-state index is -3.80. The lowest BCUT2D eigenvalue weighted by atomic mass is 9.98. The van der Waals surface area contributed by atoms with Crippen LogP contribution in [0.3, 0.4) is 0 Å². The Morgan fingerprint density at radius 2 is 1.70 bits per heavy atom. The Balaban J connectivity index is 1.63. The summed E-state index contributed by atoms with van der Waals surface area (Å²) in [5, 5.41) is 0.284. The Morgan fingerprint density at radius 1 is 1.07 bits per heavy atom. The lowest BCUT2D eigenvalue weighted by molar-refractivity contribution is -0.140. The molecule has 9 heteroatoms. The van der Waals surface area contributed by atoms with Crippen molar-refractivity contribution < 1.29 is 22.3 Å². The highest BCUT2D eigenvalue weighted by molar-refractivity contribution is 7.89. The Kier molecular flexibility index (Phi) is 6.05. The molecule has 0 spiro atoms. The minimum absolute atomic E-state index is 0.0731. The van der Waals surface area contributed by atoms with Crippen molar-refractivity contribution in [3.05, 3.63) is 58.3 Å². The highest BCUT2D eigenvalue weighted by Gasteiger charge is 2.33. The lowest BCUT2D eigenvalue weighted by Crippen LogP contribution is -2.41. The van der Waals surface area contributed by atoms with E-state index in [1.54, 1.807) is 24.3 Å². The number of ether oxygens (including phenoxy) is 1. The number of piperidine rings is 1. The number of rotatable bonds is 4. The molecule has 0 saturated carbocycles. The summed E-state index contributed by atoms with van der Waals surface area (Å²) in [6.45, 7) is 0.329. The predicted octanol–water partition coefficient (Wildman–Crippen LogP) is 4.14. The third-order valence-electron chi connectivity index (χ3n) is 4.35. The Hall–Kier alpha value is -1.67. The van der Waals surface area contributed by atoms with Crippen molar-refractivity contribution in [3.8, 4) is 5.75 Å². The van der Waals surface area contributed by atoms with Crippen molar-refractivity contribution in [2.75, 3.05) is 13.1 Å². The van der Waals surface area contributed by atoms with Crippen LogP contribution in [0.4, 0.5) is 4.39 Å². The molecule has 0 N–H and O–H groups in total. The van der Waals surface area contributed by atoms with Gasteiger partial charge >= 0.3 is 5.97 Å². The number of carbonyl (C=O) groups excluding carboxylic acids is 1. The first kappa shape index (κ1) is 20.1. The second-order valence-corrected chi connectivity index (χ2v) is 8.91. The molecule has 2 aromatic carbocycles. The summed E-state index contributed by atoms with van der Waals surface area (Å²) in [6, 6.07) is 9.71. The molecule has 1 fully saturated rings. The average molecular weight is 432 g/mol. The first-order valence-corrected chi connectivity index (χ1v) is 10.4. The zero-order valence-electron chi connectivity index (χ0n) is 14.1. The van der Waals surface area contributed by atoms with Gasteiger partial charge in [-0.2, -0.15) is 4.31 Å². The Labute approximate surface area is 166 Å². The number of halogens is 3. The van der Waals surface area contributed by atoms with Gasteiger partial charge in [-0.15, -0.1) is 0 Å². The van der Waals surface area contributed by atoms with Crippen LogP contribution in [-0.2, 0) is 14.8 Å². The number of esters is 1. The van der Waals surface area contributed by atoms with E-state index in [1.807, 2.05) is 0 Å². The van der Waals surface area contributed by atoms with E-state index in [9.17, 15) is 17.6 Å². The number of hydrogen-bond acceptors (Lipinski definition) is 4. The summed E-state index contributed by atoms with van der Waals surface area (Å²) >= 11 is 11.5. The van der Waals surface area contributed by atoms with Gasteiger partial charge in [0.05, 0.1) is 15.8 Å². The predicted molar refractivity (Wildman–Crippen MR) is 100.0 cm³/mol. The smallest absolute Gasteiger partial charge is 0.314 e. The van der Waals surface area contributed by atoms with E-state index in [4.69, 9.17) is 27.9 Å². The van der Waals surface area contributed by atoms with E-state index >= 15 is 0 Å². The van der Waals surface area contributed by atoms with Crippen molar-refractivity contribution >= 4 is 39.2 Å². The van der Waals surface area contributed by atoms with E-state index in [-0.39, 0.29) is 23.0 Å². The largest absolute Gasteiger partial charge is 0.426 e. The molecule has 0 bridgehead atoms. The molecule has 0 aromatic heterocycles. The minimum Gasteiger partial charge on any atom is -0.426 e. The fourth-order valence-electron chi connectivity index (χ4n) is 2.82. The number of nitrogens with zero attached hydrogens (tertiary/aromatic N) is 1. The van der Waals surface area contributed by atoms with Gasteiger partial charge in [0.2, 0.25) is 10.0 Å². The normalized spacial score (nSPS) is 16.3. The topological polar surface area (TPSA) is 63.7 Å². The summed E-state index contributed by atoms with van der Waals surface area (Å²) in [4.78, 5) is 12.2. The molecule has 27 heavy (non-hydrogen) atoms. The molecule has 5 nitrogen and oxygen atoms in total. The van der Waals surface area contributed by atoms with Gasteiger partial charge < -0.3 is 4.74 Å². The molecule has 0 amide bonds. The zero-order chi connectivity index (χ0) is 19.6. The van der Waals surface area contributed by atoms with Crippen LogP contribution in [0.15, 0.2) is 47.4 Å². The summed E-state index contributed by atoms with van der Waals surface area (Å²) in [7, 11) is -3.80. The molecule has 0 atom stereocenters. The van der Waals surface area contributed by atoms with Gasteiger partial charge in [0.15, 0.2) is 0 Å². The third-order valence-corrected chi connectivity index (χ3v) is 6.78. The third kappa shape index (κ3) is 4.60. The number of hydrogen-bond donors (Lipinski definition) is 0. The van der Waals surface area contributed by atoms with E-state index in [2.05, 4.69) is 0 Å². The molecule has 144 valence electrons. The highest BCUT2D eigenvalue weighted by Crippen LogP contribution is 2.27. The van der Waals surface area contributed by atoms with Gasteiger partial charge in [-0.3, -0.25) is 4.79 Å². The van der Waals surface area contributed by atoms with Gasteiger partial charge in [-0.1, -0.05) is 23.2 Å². The molecular weight excluding hydrogens is 416 g/mol. The van der Waals surface area contributed by atoms with Gasteiger partial charge in [-0.05, 0) is 55.3 Å².